The number of amides is 1. The summed E-state index contributed by atoms with van der Waals surface area (Å²) in [5.41, 5.74) is 5.28. The minimum absolute atomic E-state index is 0.0773. The van der Waals surface area contributed by atoms with Crippen LogP contribution in [0.2, 0.25) is 0 Å². The van der Waals surface area contributed by atoms with Crippen molar-refractivity contribution < 1.29 is 4.79 Å². The first-order valence-corrected chi connectivity index (χ1v) is 8.31. The van der Waals surface area contributed by atoms with Crippen molar-refractivity contribution in [2.75, 3.05) is 26.2 Å². The average Bonchev–Trinajstić information content (AvgIpc) is 2.78. The van der Waals surface area contributed by atoms with Gasteiger partial charge in [0.05, 0.1) is 0 Å². The highest BCUT2D eigenvalue weighted by Crippen LogP contribution is 2.23. The lowest BCUT2D eigenvalue weighted by Gasteiger charge is -2.31. The van der Waals surface area contributed by atoms with Crippen LogP contribution in [0, 0.1) is 0 Å². The van der Waals surface area contributed by atoms with Gasteiger partial charge in [-0.3, -0.25) is 4.79 Å². The lowest BCUT2D eigenvalue weighted by Crippen LogP contribution is -2.58. The first kappa shape index (κ1) is 14.4. The van der Waals surface area contributed by atoms with E-state index in [0.717, 1.165) is 32.6 Å². The Morgan fingerprint density at radius 2 is 2.33 bits per heavy atom. The molecule has 2 atom stereocenters. The smallest absolute Gasteiger partial charge is 0.246 e. The molecule has 2 rings (SSSR count). The topological polar surface area (TPSA) is 70.4 Å². The molecule has 2 aliphatic rings. The molecule has 0 aromatic carbocycles. The number of hydrogen-bond acceptors (Lipinski definition) is 5. The van der Waals surface area contributed by atoms with Crippen molar-refractivity contribution in [3.8, 4) is 0 Å². The van der Waals surface area contributed by atoms with Gasteiger partial charge in [0.25, 0.3) is 0 Å². The fraction of sp³-hybridized carbons (Fsp3) is 0.727. The number of rotatable bonds is 5. The highest BCUT2D eigenvalue weighted by atomic mass is 127. The molecule has 0 spiro atoms. The van der Waals surface area contributed by atoms with E-state index in [4.69, 9.17) is 5.73 Å². The average molecular weight is 382 g/mol. The van der Waals surface area contributed by atoms with Crippen LogP contribution in [0.1, 0.15) is 6.42 Å². The van der Waals surface area contributed by atoms with E-state index in [1.54, 1.807) is 5.41 Å². The zero-order chi connectivity index (χ0) is 13.0. The molecule has 0 aliphatic carbocycles. The van der Waals surface area contributed by atoms with Crippen LogP contribution in [-0.4, -0.2) is 52.3 Å². The number of nitrogens with two attached hydrogens (primary N) is 1. The number of likely N-dealkylation sites (tertiary alicyclic amines) is 1. The van der Waals surface area contributed by atoms with Gasteiger partial charge in [-0.05, 0) is 11.8 Å². The molecule has 0 aromatic rings. The lowest BCUT2D eigenvalue weighted by atomic mass is 10.1. The maximum atomic E-state index is 12.1. The highest BCUT2D eigenvalue weighted by molar-refractivity contribution is 14.1. The number of alkyl halides is 1. The van der Waals surface area contributed by atoms with Crippen LogP contribution in [-0.2, 0) is 4.79 Å². The summed E-state index contributed by atoms with van der Waals surface area (Å²) < 4.78 is -0.0773. The van der Waals surface area contributed by atoms with E-state index in [9.17, 15) is 4.79 Å². The fourth-order valence-corrected chi connectivity index (χ4v) is 3.55. The predicted octanol–water partition coefficient (Wildman–Crippen LogP) is 0.0729. The van der Waals surface area contributed by atoms with Gasteiger partial charge in [0.15, 0.2) is 0 Å². The van der Waals surface area contributed by atoms with Gasteiger partial charge < -0.3 is 21.3 Å². The van der Waals surface area contributed by atoms with Crippen LogP contribution in [0.25, 0.3) is 0 Å². The quantitative estimate of drug-likeness (QED) is 0.464. The van der Waals surface area contributed by atoms with E-state index in [-0.39, 0.29) is 9.16 Å². The molecule has 2 saturated heterocycles. The first-order valence-electron chi connectivity index (χ1n) is 6.12. The lowest BCUT2D eigenvalue weighted by molar-refractivity contribution is -0.127. The number of hydrogen-bond donors (Lipinski definition) is 3. The minimum Gasteiger partial charge on any atom is -0.404 e. The number of carbonyl (C=O) groups is 1. The molecule has 1 amide bonds. The Bertz CT molecular complexity index is 324. The molecule has 102 valence electrons. The summed E-state index contributed by atoms with van der Waals surface area (Å²) in [5.74, 6) is 0.203. The molecule has 1 unspecified atom stereocenters. The molecular weight excluding hydrogens is 363 g/mol. The summed E-state index contributed by atoms with van der Waals surface area (Å²) in [6, 6.07) is 1.05. The third kappa shape index (κ3) is 3.75. The summed E-state index contributed by atoms with van der Waals surface area (Å²) in [6.07, 6.45) is 2.53. The summed E-state index contributed by atoms with van der Waals surface area (Å²) in [5, 5.41) is 8.59. The van der Waals surface area contributed by atoms with Gasteiger partial charge in [-0.1, -0.05) is 22.6 Å². The standard InChI is InChI=1S/C11H19IN4OS/c12-10(18-4-2-13)11(17)16-3-1-8(7-16)15-9-5-14-6-9/h2,4,8-10,14-15H,1,3,5-7,13H2/b4-2-/t8-,10?/m0/s1. The molecule has 0 radical (unpaired) electrons. The second kappa shape index (κ2) is 6.97. The number of carbonyl (C=O) groups excluding carboxylic acids is 1. The van der Waals surface area contributed by atoms with Crippen LogP contribution in [0.4, 0.5) is 0 Å². The summed E-state index contributed by atoms with van der Waals surface area (Å²) in [6.45, 7) is 3.80. The minimum atomic E-state index is -0.0773. The van der Waals surface area contributed by atoms with Crippen LogP contribution < -0.4 is 16.4 Å². The number of thioether (sulfide) groups is 1. The third-order valence-corrected chi connectivity index (χ3v) is 5.39. The molecular formula is C11H19IN4OS. The number of halogens is 1. The Labute approximate surface area is 125 Å². The van der Waals surface area contributed by atoms with Gasteiger partial charge in [-0.15, -0.1) is 11.8 Å². The summed E-state index contributed by atoms with van der Waals surface area (Å²) in [4.78, 5) is 14.1. The van der Waals surface area contributed by atoms with Crippen LogP contribution in [0.3, 0.4) is 0 Å². The van der Waals surface area contributed by atoms with Gasteiger partial charge >= 0.3 is 0 Å². The largest absolute Gasteiger partial charge is 0.404 e. The maximum Gasteiger partial charge on any atom is 0.246 e. The Kier molecular flexibility index (Phi) is 5.58. The first-order chi connectivity index (χ1) is 8.70. The van der Waals surface area contributed by atoms with Crippen molar-refractivity contribution in [2.45, 2.75) is 21.8 Å². The third-order valence-electron chi connectivity index (χ3n) is 3.22. The SMILES string of the molecule is N/C=C\SC(I)C(=O)N1CC[C@H](NC2CNC2)C1. The van der Waals surface area contributed by atoms with E-state index in [2.05, 4.69) is 33.2 Å². The van der Waals surface area contributed by atoms with Crippen LogP contribution in [0.15, 0.2) is 11.6 Å². The number of nitrogens with zero attached hydrogens (tertiary/aromatic N) is 1. The van der Waals surface area contributed by atoms with E-state index in [1.807, 2.05) is 4.90 Å². The Morgan fingerprint density at radius 1 is 1.56 bits per heavy atom. The number of nitrogens with one attached hydrogen (secondary N) is 2. The maximum absolute atomic E-state index is 12.1. The van der Waals surface area contributed by atoms with Gasteiger partial charge in [0.2, 0.25) is 5.91 Å². The van der Waals surface area contributed by atoms with Gasteiger partial charge in [-0.2, -0.15) is 0 Å². The van der Waals surface area contributed by atoms with E-state index < -0.39 is 0 Å². The molecule has 2 fully saturated rings. The molecule has 0 aromatic heterocycles. The van der Waals surface area contributed by atoms with Crippen molar-refractivity contribution >= 4 is 40.3 Å². The molecule has 5 nitrogen and oxygen atoms in total. The van der Waals surface area contributed by atoms with Crippen molar-refractivity contribution in [3.63, 3.8) is 0 Å². The Balaban J connectivity index is 1.74. The van der Waals surface area contributed by atoms with Crippen LogP contribution in [0.5, 0.6) is 0 Å². The Hall–Kier alpha value is 0.01000. The fourth-order valence-electron chi connectivity index (χ4n) is 2.15. The van der Waals surface area contributed by atoms with Crippen molar-refractivity contribution in [1.29, 1.82) is 0 Å². The Morgan fingerprint density at radius 3 is 2.94 bits per heavy atom. The van der Waals surface area contributed by atoms with Gasteiger partial charge in [0.1, 0.15) is 3.26 Å². The van der Waals surface area contributed by atoms with Crippen molar-refractivity contribution in [2.24, 2.45) is 5.73 Å². The molecule has 0 saturated carbocycles. The summed E-state index contributed by atoms with van der Waals surface area (Å²) in [7, 11) is 0. The van der Waals surface area contributed by atoms with Crippen molar-refractivity contribution in [3.05, 3.63) is 11.6 Å². The van der Waals surface area contributed by atoms with E-state index in [0.29, 0.717) is 12.1 Å². The van der Waals surface area contributed by atoms with E-state index >= 15 is 0 Å². The predicted molar refractivity (Wildman–Crippen MR) is 83.5 cm³/mol. The molecule has 7 heteroatoms. The summed E-state index contributed by atoms with van der Waals surface area (Å²) >= 11 is 3.63. The van der Waals surface area contributed by atoms with Crippen molar-refractivity contribution in [1.82, 2.24) is 15.5 Å². The van der Waals surface area contributed by atoms with Gasteiger partial charge in [-0.25, -0.2) is 0 Å². The van der Waals surface area contributed by atoms with Gasteiger partial charge in [0, 0.05) is 44.5 Å². The highest BCUT2D eigenvalue weighted by Gasteiger charge is 2.31. The second-order valence-corrected chi connectivity index (χ2v) is 7.68. The monoisotopic (exact) mass is 382 g/mol. The zero-order valence-electron chi connectivity index (χ0n) is 10.1. The van der Waals surface area contributed by atoms with E-state index in [1.165, 1.54) is 18.0 Å². The second-order valence-electron chi connectivity index (χ2n) is 4.57. The molecule has 18 heavy (non-hydrogen) atoms. The molecule has 2 heterocycles. The molecule has 0 bridgehead atoms. The van der Waals surface area contributed by atoms with Crippen LogP contribution >= 0.6 is 34.4 Å². The normalized spacial score (nSPS) is 26.5. The zero-order valence-corrected chi connectivity index (χ0v) is 13.1. The molecule has 2 aliphatic heterocycles. The molecule has 4 N–H and O–H groups in total.